The molecule has 2 heterocycles. The quantitative estimate of drug-likeness (QED) is 0.680. The molecule has 2 N–H and O–H groups in total. The number of likely N-dealkylation sites (tertiary alicyclic amines) is 1. The minimum Gasteiger partial charge on any atom is -0.355 e. The Balaban J connectivity index is 2.02. The number of nitrogens with one attached hydrogen (secondary N) is 2. The zero-order valence-corrected chi connectivity index (χ0v) is 11.8. The first-order valence-corrected chi connectivity index (χ1v) is 7.11. The van der Waals surface area contributed by atoms with E-state index in [1.165, 1.54) is 0 Å². The van der Waals surface area contributed by atoms with Crippen molar-refractivity contribution in [3.63, 3.8) is 0 Å². The highest BCUT2D eigenvalue weighted by Crippen LogP contribution is 2.19. The Kier molecular flexibility index (Phi) is 4.76. The molecule has 108 valence electrons. The first kappa shape index (κ1) is 14.3. The molecule has 2 saturated heterocycles. The molecule has 0 spiro atoms. The van der Waals surface area contributed by atoms with E-state index >= 15 is 0 Å². The zero-order valence-electron chi connectivity index (χ0n) is 11.8. The molecule has 6 heteroatoms. The minimum atomic E-state index is -0.355. The third-order valence-electron chi connectivity index (χ3n) is 3.92. The van der Waals surface area contributed by atoms with Gasteiger partial charge in [0, 0.05) is 32.7 Å². The smallest absolute Gasteiger partial charge is 0.244 e. The average molecular weight is 268 g/mol. The predicted octanol–water partition coefficient (Wildman–Crippen LogP) is -1.13. The van der Waals surface area contributed by atoms with Gasteiger partial charge in [0.15, 0.2) is 0 Å². The average Bonchev–Trinajstić information content (AvgIpc) is 2.85. The standard InChI is InChI=1S/C13H24N4O2/c1-3-15-12(18)11-8-14-5-7-17(11)13(19)10-4-6-16(2)9-10/h10-11,14H,3-9H2,1-2H3,(H,15,18). The van der Waals surface area contributed by atoms with Crippen LogP contribution >= 0.6 is 0 Å². The molecule has 0 bridgehead atoms. The van der Waals surface area contributed by atoms with Gasteiger partial charge >= 0.3 is 0 Å². The van der Waals surface area contributed by atoms with Crippen molar-refractivity contribution in [1.82, 2.24) is 20.4 Å². The second-order valence-corrected chi connectivity index (χ2v) is 5.39. The van der Waals surface area contributed by atoms with Gasteiger partial charge in [0.25, 0.3) is 0 Å². The molecule has 0 aliphatic carbocycles. The Morgan fingerprint density at radius 3 is 2.79 bits per heavy atom. The molecule has 2 rings (SSSR count). The molecule has 6 nitrogen and oxygen atoms in total. The Bertz CT molecular complexity index is 348. The van der Waals surface area contributed by atoms with Crippen molar-refractivity contribution in [2.24, 2.45) is 5.92 Å². The van der Waals surface area contributed by atoms with E-state index in [4.69, 9.17) is 0 Å². The van der Waals surface area contributed by atoms with Crippen molar-refractivity contribution in [2.75, 3.05) is 46.3 Å². The summed E-state index contributed by atoms with van der Waals surface area (Å²) < 4.78 is 0. The highest BCUT2D eigenvalue weighted by molar-refractivity contribution is 5.89. The van der Waals surface area contributed by atoms with Gasteiger partial charge < -0.3 is 20.4 Å². The maximum atomic E-state index is 12.6. The number of hydrogen-bond donors (Lipinski definition) is 2. The zero-order chi connectivity index (χ0) is 13.8. The summed E-state index contributed by atoms with van der Waals surface area (Å²) in [5.74, 6) is 0.150. The number of nitrogens with zero attached hydrogens (tertiary/aromatic N) is 2. The fourth-order valence-electron chi connectivity index (χ4n) is 2.87. The topological polar surface area (TPSA) is 64.7 Å². The Morgan fingerprint density at radius 2 is 2.16 bits per heavy atom. The molecular weight excluding hydrogens is 244 g/mol. The number of likely N-dealkylation sites (N-methyl/N-ethyl adjacent to an activating group) is 1. The molecular formula is C13H24N4O2. The lowest BCUT2D eigenvalue weighted by atomic mass is 10.0. The molecule has 2 amide bonds. The van der Waals surface area contributed by atoms with Crippen molar-refractivity contribution in [3.8, 4) is 0 Å². The first-order valence-electron chi connectivity index (χ1n) is 7.11. The monoisotopic (exact) mass is 268 g/mol. The van der Waals surface area contributed by atoms with E-state index in [9.17, 15) is 9.59 Å². The first-order chi connectivity index (χ1) is 9.13. The van der Waals surface area contributed by atoms with Crippen LogP contribution in [-0.4, -0.2) is 74.0 Å². The summed E-state index contributed by atoms with van der Waals surface area (Å²) in [6, 6.07) is -0.355. The van der Waals surface area contributed by atoms with Crippen LogP contribution in [0.1, 0.15) is 13.3 Å². The highest BCUT2D eigenvalue weighted by atomic mass is 16.2. The second kappa shape index (κ2) is 6.34. The summed E-state index contributed by atoms with van der Waals surface area (Å²) in [4.78, 5) is 28.5. The molecule has 19 heavy (non-hydrogen) atoms. The van der Waals surface area contributed by atoms with Crippen LogP contribution in [-0.2, 0) is 9.59 Å². The van der Waals surface area contributed by atoms with Gasteiger partial charge in [-0.15, -0.1) is 0 Å². The number of piperazine rings is 1. The third-order valence-corrected chi connectivity index (χ3v) is 3.92. The fraction of sp³-hybridized carbons (Fsp3) is 0.846. The van der Waals surface area contributed by atoms with Crippen LogP contribution in [0.2, 0.25) is 0 Å². The lowest BCUT2D eigenvalue weighted by Gasteiger charge is -2.36. The van der Waals surface area contributed by atoms with Gasteiger partial charge in [-0.05, 0) is 26.9 Å². The molecule has 0 aromatic heterocycles. The molecule has 0 aromatic rings. The largest absolute Gasteiger partial charge is 0.355 e. The molecule has 2 atom stereocenters. The number of hydrogen-bond acceptors (Lipinski definition) is 4. The highest BCUT2D eigenvalue weighted by Gasteiger charge is 2.37. The Labute approximate surface area is 114 Å². The van der Waals surface area contributed by atoms with Crippen molar-refractivity contribution < 1.29 is 9.59 Å². The van der Waals surface area contributed by atoms with Crippen LogP contribution in [0, 0.1) is 5.92 Å². The maximum Gasteiger partial charge on any atom is 0.244 e. The Morgan fingerprint density at radius 1 is 1.37 bits per heavy atom. The van der Waals surface area contributed by atoms with Gasteiger partial charge in [-0.2, -0.15) is 0 Å². The number of carbonyl (C=O) groups is 2. The summed E-state index contributed by atoms with van der Waals surface area (Å²) in [5, 5.41) is 6.01. The Hall–Kier alpha value is -1.14. The summed E-state index contributed by atoms with van der Waals surface area (Å²) in [6.07, 6.45) is 0.904. The summed E-state index contributed by atoms with van der Waals surface area (Å²) in [7, 11) is 2.03. The van der Waals surface area contributed by atoms with Gasteiger partial charge in [-0.1, -0.05) is 0 Å². The number of rotatable bonds is 3. The van der Waals surface area contributed by atoms with E-state index in [0.717, 1.165) is 26.1 Å². The van der Waals surface area contributed by atoms with Gasteiger partial charge in [0.1, 0.15) is 6.04 Å². The molecule has 2 fully saturated rings. The van der Waals surface area contributed by atoms with Gasteiger partial charge in [-0.25, -0.2) is 0 Å². The van der Waals surface area contributed by atoms with Crippen molar-refractivity contribution in [2.45, 2.75) is 19.4 Å². The molecule has 2 aliphatic rings. The van der Waals surface area contributed by atoms with E-state index in [1.807, 2.05) is 14.0 Å². The third kappa shape index (κ3) is 3.25. The van der Waals surface area contributed by atoms with Crippen LogP contribution in [0.5, 0.6) is 0 Å². The summed E-state index contributed by atoms with van der Waals surface area (Å²) in [6.45, 7) is 6.22. The van der Waals surface area contributed by atoms with E-state index in [2.05, 4.69) is 15.5 Å². The van der Waals surface area contributed by atoms with Crippen LogP contribution in [0.4, 0.5) is 0 Å². The van der Waals surface area contributed by atoms with E-state index in [1.54, 1.807) is 4.90 Å². The van der Waals surface area contributed by atoms with Gasteiger partial charge in [0.05, 0.1) is 5.92 Å². The summed E-state index contributed by atoms with van der Waals surface area (Å²) >= 11 is 0. The van der Waals surface area contributed by atoms with Gasteiger partial charge in [-0.3, -0.25) is 9.59 Å². The van der Waals surface area contributed by atoms with Crippen LogP contribution in [0.3, 0.4) is 0 Å². The maximum absolute atomic E-state index is 12.6. The number of amides is 2. The molecule has 0 radical (unpaired) electrons. The lowest BCUT2D eigenvalue weighted by molar-refractivity contribution is -0.144. The van der Waals surface area contributed by atoms with E-state index in [0.29, 0.717) is 19.6 Å². The second-order valence-electron chi connectivity index (χ2n) is 5.39. The van der Waals surface area contributed by atoms with E-state index in [-0.39, 0.29) is 23.8 Å². The fourth-order valence-corrected chi connectivity index (χ4v) is 2.87. The van der Waals surface area contributed by atoms with E-state index < -0.39 is 0 Å². The van der Waals surface area contributed by atoms with Crippen LogP contribution in [0.15, 0.2) is 0 Å². The van der Waals surface area contributed by atoms with Crippen LogP contribution < -0.4 is 10.6 Å². The van der Waals surface area contributed by atoms with Gasteiger partial charge in [0.2, 0.25) is 11.8 Å². The van der Waals surface area contributed by atoms with Crippen LogP contribution in [0.25, 0.3) is 0 Å². The molecule has 0 aromatic carbocycles. The normalized spacial score (nSPS) is 28.4. The molecule has 2 unspecified atom stereocenters. The summed E-state index contributed by atoms with van der Waals surface area (Å²) in [5.41, 5.74) is 0. The number of carbonyl (C=O) groups excluding carboxylic acids is 2. The molecule has 2 aliphatic heterocycles. The van der Waals surface area contributed by atoms with Crippen molar-refractivity contribution >= 4 is 11.8 Å². The lowest BCUT2D eigenvalue weighted by Crippen LogP contribution is -2.60. The SMILES string of the molecule is CCNC(=O)C1CNCCN1C(=O)C1CCN(C)C1. The minimum absolute atomic E-state index is 0.0469. The van der Waals surface area contributed by atoms with Crippen molar-refractivity contribution in [3.05, 3.63) is 0 Å². The van der Waals surface area contributed by atoms with Crippen molar-refractivity contribution in [1.29, 1.82) is 0 Å². The molecule has 0 saturated carbocycles. The predicted molar refractivity (Wildman–Crippen MR) is 72.7 cm³/mol.